The van der Waals surface area contributed by atoms with Crippen LogP contribution in [0, 0.1) is 10.1 Å². The fourth-order valence-electron chi connectivity index (χ4n) is 2.21. The molecule has 0 heterocycles. The van der Waals surface area contributed by atoms with Crippen molar-refractivity contribution in [1.29, 1.82) is 0 Å². The number of hydrogen-bond donors (Lipinski definition) is 1. The maximum Gasteiger partial charge on any atom is 0.269 e. The summed E-state index contributed by atoms with van der Waals surface area (Å²) in [4.78, 5) is 10.0. The monoisotopic (exact) mass is 370 g/mol. The highest BCUT2D eigenvalue weighted by atomic mass is 32.2. The van der Waals surface area contributed by atoms with E-state index in [0.717, 1.165) is 12.1 Å². The number of para-hydroxylation sites is 3. The molecule has 0 fully saturated rings. The molecule has 0 bridgehead atoms. The zero-order valence-corrected chi connectivity index (χ0v) is 14.2. The Morgan fingerprint density at radius 2 is 1.46 bits per heavy atom. The van der Waals surface area contributed by atoms with Gasteiger partial charge in [-0.1, -0.05) is 30.3 Å². The lowest BCUT2D eigenvalue weighted by Crippen LogP contribution is -2.13. The summed E-state index contributed by atoms with van der Waals surface area (Å²) in [6, 6.07) is 20.2. The summed E-state index contributed by atoms with van der Waals surface area (Å²) in [5.74, 6) is 0.902. The van der Waals surface area contributed by atoms with Gasteiger partial charge in [0.2, 0.25) is 0 Å². The van der Waals surface area contributed by atoms with Gasteiger partial charge in [-0.15, -0.1) is 0 Å². The van der Waals surface area contributed by atoms with Crippen molar-refractivity contribution in [1.82, 2.24) is 0 Å². The molecule has 0 radical (unpaired) electrons. The number of hydrogen-bond acceptors (Lipinski definition) is 5. The molecule has 26 heavy (non-hydrogen) atoms. The Kier molecular flexibility index (Phi) is 4.85. The van der Waals surface area contributed by atoms with Crippen molar-refractivity contribution in [2.45, 2.75) is 4.90 Å². The van der Waals surface area contributed by atoms with Crippen molar-refractivity contribution >= 4 is 21.4 Å². The van der Waals surface area contributed by atoms with Crippen LogP contribution in [0.2, 0.25) is 0 Å². The summed E-state index contributed by atoms with van der Waals surface area (Å²) in [5.41, 5.74) is 0.0754. The van der Waals surface area contributed by atoms with Gasteiger partial charge in [0.1, 0.15) is 5.75 Å². The molecule has 3 aromatic rings. The summed E-state index contributed by atoms with van der Waals surface area (Å²) in [7, 11) is -3.92. The molecular weight excluding hydrogens is 356 g/mol. The fourth-order valence-corrected chi connectivity index (χ4v) is 3.28. The second-order valence-electron chi connectivity index (χ2n) is 5.27. The Morgan fingerprint density at radius 3 is 2.12 bits per heavy atom. The molecule has 8 heteroatoms. The number of rotatable bonds is 6. The Hall–Kier alpha value is -3.39. The van der Waals surface area contributed by atoms with Gasteiger partial charge in [-0.2, -0.15) is 0 Å². The quantitative estimate of drug-likeness (QED) is 0.518. The fraction of sp³-hybridized carbons (Fsp3) is 0. The Bertz CT molecular complexity index is 1020. The van der Waals surface area contributed by atoms with E-state index in [-0.39, 0.29) is 16.3 Å². The topological polar surface area (TPSA) is 98.5 Å². The molecule has 3 aromatic carbocycles. The number of nitro benzene ring substituents is 1. The molecule has 0 aliphatic carbocycles. The van der Waals surface area contributed by atoms with Crippen LogP contribution in [0.1, 0.15) is 0 Å². The highest BCUT2D eigenvalue weighted by Gasteiger charge is 2.18. The molecule has 3 rings (SSSR count). The minimum atomic E-state index is -3.92. The van der Waals surface area contributed by atoms with Crippen LogP contribution < -0.4 is 9.46 Å². The van der Waals surface area contributed by atoms with Crippen molar-refractivity contribution < 1.29 is 18.1 Å². The van der Waals surface area contributed by atoms with Crippen LogP contribution in [0.25, 0.3) is 0 Å². The Morgan fingerprint density at radius 1 is 0.846 bits per heavy atom. The summed E-state index contributed by atoms with van der Waals surface area (Å²) < 4.78 is 33.3. The Balaban J connectivity index is 1.87. The zero-order valence-electron chi connectivity index (χ0n) is 13.4. The molecule has 132 valence electrons. The molecule has 0 saturated carbocycles. The van der Waals surface area contributed by atoms with Crippen molar-refractivity contribution in [3.8, 4) is 11.5 Å². The minimum absolute atomic E-state index is 0.0855. The first-order chi connectivity index (χ1) is 12.5. The summed E-state index contributed by atoms with van der Waals surface area (Å²) >= 11 is 0. The first-order valence-electron chi connectivity index (χ1n) is 7.55. The predicted octanol–water partition coefficient (Wildman–Crippen LogP) is 4.19. The van der Waals surface area contributed by atoms with E-state index in [1.54, 1.807) is 48.5 Å². The zero-order chi connectivity index (χ0) is 18.6. The second kappa shape index (κ2) is 7.24. The predicted molar refractivity (Wildman–Crippen MR) is 96.9 cm³/mol. The highest BCUT2D eigenvalue weighted by molar-refractivity contribution is 7.92. The van der Waals surface area contributed by atoms with Crippen molar-refractivity contribution in [2.24, 2.45) is 0 Å². The summed E-state index contributed by atoms with van der Waals surface area (Å²) in [6.45, 7) is 0. The molecule has 0 aliphatic heterocycles. The SMILES string of the molecule is O=[N+]([O-])c1ccc(S(=O)(=O)Nc2ccccc2Oc2ccccc2)cc1. The van der Waals surface area contributed by atoms with Gasteiger partial charge in [0.15, 0.2) is 5.75 Å². The maximum atomic E-state index is 12.6. The van der Waals surface area contributed by atoms with Gasteiger partial charge in [-0.05, 0) is 36.4 Å². The van der Waals surface area contributed by atoms with E-state index < -0.39 is 14.9 Å². The number of benzene rings is 3. The van der Waals surface area contributed by atoms with E-state index in [0.29, 0.717) is 11.5 Å². The lowest BCUT2D eigenvalue weighted by Gasteiger charge is -2.13. The second-order valence-corrected chi connectivity index (χ2v) is 6.95. The van der Waals surface area contributed by atoms with Crippen LogP contribution >= 0.6 is 0 Å². The van der Waals surface area contributed by atoms with E-state index in [1.807, 2.05) is 6.07 Å². The maximum absolute atomic E-state index is 12.6. The van der Waals surface area contributed by atoms with Crippen molar-refractivity contribution in [2.75, 3.05) is 4.72 Å². The standard InChI is InChI=1S/C18H14N2O5S/c21-20(22)14-10-12-16(13-11-14)26(23,24)19-17-8-4-5-9-18(17)25-15-6-2-1-3-7-15/h1-13,19H. The molecular formula is C18H14N2O5S. The van der Waals surface area contributed by atoms with Crippen LogP contribution in [-0.4, -0.2) is 13.3 Å². The normalized spacial score (nSPS) is 10.9. The summed E-state index contributed by atoms with van der Waals surface area (Å²) in [5, 5.41) is 10.7. The molecule has 7 nitrogen and oxygen atoms in total. The lowest BCUT2D eigenvalue weighted by molar-refractivity contribution is -0.384. The number of nitrogens with zero attached hydrogens (tertiary/aromatic N) is 1. The van der Waals surface area contributed by atoms with Crippen LogP contribution in [-0.2, 0) is 10.0 Å². The van der Waals surface area contributed by atoms with Crippen LogP contribution in [0.4, 0.5) is 11.4 Å². The molecule has 0 atom stereocenters. The third-order valence-electron chi connectivity index (χ3n) is 3.46. The molecule has 0 spiro atoms. The summed E-state index contributed by atoms with van der Waals surface area (Å²) in [6.07, 6.45) is 0. The van der Waals surface area contributed by atoms with Gasteiger partial charge >= 0.3 is 0 Å². The van der Waals surface area contributed by atoms with Gasteiger partial charge in [0, 0.05) is 12.1 Å². The van der Waals surface area contributed by atoms with Crippen LogP contribution in [0.15, 0.2) is 83.8 Å². The van der Waals surface area contributed by atoms with E-state index >= 15 is 0 Å². The molecule has 0 aromatic heterocycles. The smallest absolute Gasteiger partial charge is 0.269 e. The number of nitro groups is 1. The number of anilines is 1. The number of nitrogens with one attached hydrogen (secondary N) is 1. The van der Waals surface area contributed by atoms with Gasteiger partial charge in [0.05, 0.1) is 15.5 Å². The van der Waals surface area contributed by atoms with Gasteiger partial charge in [-0.25, -0.2) is 8.42 Å². The van der Waals surface area contributed by atoms with Gasteiger partial charge in [-0.3, -0.25) is 14.8 Å². The number of non-ortho nitro benzene ring substituents is 1. The first-order valence-corrected chi connectivity index (χ1v) is 9.03. The molecule has 0 amide bonds. The largest absolute Gasteiger partial charge is 0.455 e. The number of ether oxygens (including phenoxy) is 1. The molecule has 0 unspecified atom stereocenters. The third-order valence-corrected chi connectivity index (χ3v) is 4.84. The van der Waals surface area contributed by atoms with E-state index in [2.05, 4.69) is 4.72 Å². The minimum Gasteiger partial charge on any atom is -0.455 e. The molecule has 0 saturated heterocycles. The highest BCUT2D eigenvalue weighted by Crippen LogP contribution is 2.31. The van der Waals surface area contributed by atoms with E-state index in [9.17, 15) is 18.5 Å². The van der Waals surface area contributed by atoms with Gasteiger partial charge in [0.25, 0.3) is 15.7 Å². The van der Waals surface area contributed by atoms with E-state index in [1.165, 1.54) is 12.1 Å². The average molecular weight is 370 g/mol. The Labute approximate surface area is 150 Å². The van der Waals surface area contributed by atoms with Crippen LogP contribution in [0.5, 0.6) is 11.5 Å². The van der Waals surface area contributed by atoms with Crippen LogP contribution in [0.3, 0.4) is 0 Å². The van der Waals surface area contributed by atoms with Crippen molar-refractivity contribution in [3.63, 3.8) is 0 Å². The molecule has 0 aliphatic rings. The van der Waals surface area contributed by atoms with Gasteiger partial charge < -0.3 is 4.74 Å². The molecule has 1 N–H and O–H groups in total. The third kappa shape index (κ3) is 3.98. The first kappa shape index (κ1) is 17.4. The lowest BCUT2D eigenvalue weighted by atomic mass is 10.3. The van der Waals surface area contributed by atoms with Crippen molar-refractivity contribution in [3.05, 3.63) is 89.0 Å². The van der Waals surface area contributed by atoms with E-state index in [4.69, 9.17) is 4.74 Å². The average Bonchev–Trinajstić information content (AvgIpc) is 2.64. The number of sulfonamides is 1.